The van der Waals surface area contributed by atoms with Crippen molar-refractivity contribution < 1.29 is 0 Å². The van der Waals surface area contributed by atoms with Crippen LogP contribution in [-0.2, 0) is 6.42 Å². The number of rotatable bonds is 3. The van der Waals surface area contributed by atoms with Gasteiger partial charge < -0.3 is 5.73 Å². The van der Waals surface area contributed by atoms with Gasteiger partial charge in [0.05, 0.1) is 0 Å². The minimum absolute atomic E-state index is 0.273. The van der Waals surface area contributed by atoms with E-state index in [9.17, 15) is 0 Å². The fourth-order valence-electron chi connectivity index (χ4n) is 2.91. The van der Waals surface area contributed by atoms with Gasteiger partial charge in [0.1, 0.15) is 0 Å². The summed E-state index contributed by atoms with van der Waals surface area (Å²) in [5.74, 6) is 2.42. The predicted octanol–water partition coefficient (Wildman–Crippen LogP) is 4.38. The molecule has 1 nitrogen and oxygen atoms in total. The summed E-state index contributed by atoms with van der Waals surface area (Å²) in [6.45, 7) is 6.98. The molecule has 0 saturated heterocycles. The van der Waals surface area contributed by atoms with Crippen LogP contribution in [0.5, 0.6) is 0 Å². The van der Waals surface area contributed by atoms with E-state index in [0.717, 1.165) is 18.3 Å². The van der Waals surface area contributed by atoms with Crippen LogP contribution in [0.1, 0.15) is 55.8 Å². The van der Waals surface area contributed by atoms with E-state index in [1.165, 1.54) is 29.0 Å². The van der Waals surface area contributed by atoms with E-state index in [0.29, 0.717) is 5.92 Å². The summed E-state index contributed by atoms with van der Waals surface area (Å²) in [5.41, 5.74) is 6.46. The molecule has 0 amide bonds. The summed E-state index contributed by atoms with van der Waals surface area (Å²) in [7, 11) is 0. The summed E-state index contributed by atoms with van der Waals surface area (Å²) in [6, 6.07) is 4.77. The molecule has 4 unspecified atom stereocenters. The normalized spacial score (nSPS) is 31.4. The first-order valence-corrected chi connectivity index (χ1v) is 7.77. The van der Waals surface area contributed by atoms with Crippen LogP contribution < -0.4 is 5.73 Å². The molecule has 1 fully saturated rings. The van der Waals surface area contributed by atoms with Crippen molar-refractivity contribution in [1.29, 1.82) is 0 Å². The first-order valence-electron chi connectivity index (χ1n) is 6.96. The smallest absolute Gasteiger partial charge is 0.0418 e. The Balaban J connectivity index is 2.02. The Kier molecular flexibility index (Phi) is 4.26. The summed E-state index contributed by atoms with van der Waals surface area (Å²) in [6.07, 6.45) is 5.11. The number of thiophene rings is 1. The van der Waals surface area contributed by atoms with Gasteiger partial charge in [-0.15, -0.1) is 11.3 Å². The standard InChI is InChI=1S/C15H25NS/c1-4-13-7-8-14(17-13)15(16)12-6-5-10(2)11(3)9-12/h7-8,10-12,15H,4-6,9,16H2,1-3H3. The fraction of sp³-hybridized carbons (Fsp3) is 0.733. The van der Waals surface area contributed by atoms with E-state index < -0.39 is 0 Å². The largest absolute Gasteiger partial charge is 0.323 e. The van der Waals surface area contributed by atoms with Crippen molar-refractivity contribution in [1.82, 2.24) is 0 Å². The molecule has 1 heterocycles. The minimum Gasteiger partial charge on any atom is -0.323 e. The predicted molar refractivity (Wildman–Crippen MR) is 76.3 cm³/mol. The van der Waals surface area contributed by atoms with Crippen LogP contribution in [0.3, 0.4) is 0 Å². The maximum Gasteiger partial charge on any atom is 0.0418 e. The van der Waals surface area contributed by atoms with Crippen LogP contribution in [-0.4, -0.2) is 0 Å². The van der Waals surface area contributed by atoms with Crippen molar-refractivity contribution in [2.75, 3.05) is 0 Å². The Labute approximate surface area is 109 Å². The molecular formula is C15H25NS. The molecule has 0 radical (unpaired) electrons. The topological polar surface area (TPSA) is 26.0 Å². The van der Waals surface area contributed by atoms with Crippen LogP contribution in [0.2, 0.25) is 0 Å². The highest BCUT2D eigenvalue weighted by atomic mass is 32.1. The number of aryl methyl sites for hydroxylation is 1. The Morgan fingerprint density at radius 1 is 1.29 bits per heavy atom. The van der Waals surface area contributed by atoms with Crippen molar-refractivity contribution in [3.63, 3.8) is 0 Å². The molecule has 0 spiro atoms. The molecule has 0 aliphatic heterocycles. The van der Waals surface area contributed by atoms with Gasteiger partial charge in [-0.2, -0.15) is 0 Å². The third-order valence-electron chi connectivity index (χ3n) is 4.51. The van der Waals surface area contributed by atoms with Crippen LogP contribution in [0.4, 0.5) is 0 Å². The van der Waals surface area contributed by atoms with Gasteiger partial charge in [-0.05, 0) is 49.1 Å². The lowest BCUT2D eigenvalue weighted by Gasteiger charge is -2.35. The second-order valence-corrected chi connectivity index (χ2v) is 6.91. The van der Waals surface area contributed by atoms with Crippen LogP contribution in [0, 0.1) is 17.8 Å². The first-order chi connectivity index (χ1) is 8.11. The molecule has 17 heavy (non-hydrogen) atoms. The molecular weight excluding hydrogens is 226 g/mol. The molecule has 1 aliphatic rings. The zero-order valence-electron chi connectivity index (χ0n) is 11.3. The van der Waals surface area contributed by atoms with E-state index in [2.05, 4.69) is 32.9 Å². The molecule has 0 bridgehead atoms. The van der Waals surface area contributed by atoms with Crippen molar-refractivity contribution in [2.24, 2.45) is 23.5 Å². The lowest BCUT2D eigenvalue weighted by molar-refractivity contribution is 0.187. The van der Waals surface area contributed by atoms with Crippen LogP contribution >= 0.6 is 11.3 Å². The van der Waals surface area contributed by atoms with Crippen molar-refractivity contribution >= 4 is 11.3 Å². The Bertz CT molecular complexity index is 358. The Hall–Kier alpha value is -0.340. The van der Waals surface area contributed by atoms with Gasteiger partial charge in [-0.3, -0.25) is 0 Å². The van der Waals surface area contributed by atoms with Crippen LogP contribution in [0.15, 0.2) is 12.1 Å². The molecule has 2 heteroatoms. The van der Waals surface area contributed by atoms with E-state index in [1.54, 1.807) is 0 Å². The number of hydrogen-bond acceptors (Lipinski definition) is 2. The SMILES string of the molecule is CCc1ccc(C(N)C2CCC(C)C(C)C2)s1. The van der Waals surface area contributed by atoms with Gasteiger partial charge in [0.25, 0.3) is 0 Å². The van der Waals surface area contributed by atoms with Gasteiger partial charge in [0.15, 0.2) is 0 Å². The molecule has 4 atom stereocenters. The van der Waals surface area contributed by atoms with E-state index in [-0.39, 0.29) is 6.04 Å². The number of nitrogens with two attached hydrogens (primary N) is 1. The summed E-state index contributed by atoms with van der Waals surface area (Å²) in [5, 5.41) is 0. The molecule has 2 N–H and O–H groups in total. The molecule has 96 valence electrons. The second-order valence-electron chi connectivity index (χ2n) is 5.71. The van der Waals surface area contributed by atoms with Gasteiger partial charge in [-0.1, -0.05) is 27.2 Å². The van der Waals surface area contributed by atoms with E-state index >= 15 is 0 Å². The summed E-state index contributed by atoms with van der Waals surface area (Å²) < 4.78 is 0. The van der Waals surface area contributed by atoms with Crippen molar-refractivity contribution in [3.05, 3.63) is 21.9 Å². The second kappa shape index (κ2) is 5.53. The highest BCUT2D eigenvalue weighted by molar-refractivity contribution is 7.12. The highest BCUT2D eigenvalue weighted by Gasteiger charge is 2.29. The monoisotopic (exact) mass is 251 g/mol. The lowest BCUT2D eigenvalue weighted by atomic mass is 9.73. The van der Waals surface area contributed by atoms with E-state index in [1.807, 2.05) is 11.3 Å². The molecule has 1 aliphatic carbocycles. The zero-order chi connectivity index (χ0) is 12.4. The summed E-state index contributed by atoms with van der Waals surface area (Å²) in [4.78, 5) is 2.86. The van der Waals surface area contributed by atoms with Gasteiger partial charge in [-0.25, -0.2) is 0 Å². The Morgan fingerprint density at radius 3 is 2.65 bits per heavy atom. The van der Waals surface area contributed by atoms with Gasteiger partial charge >= 0.3 is 0 Å². The fourth-order valence-corrected chi connectivity index (χ4v) is 3.96. The average Bonchev–Trinajstić information content (AvgIpc) is 2.80. The molecule has 2 rings (SSSR count). The third kappa shape index (κ3) is 2.92. The molecule has 1 aromatic heterocycles. The zero-order valence-corrected chi connectivity index (χ0v) is 12.1. The molecule has 1 saturated carbocycles. The minimum atomic E-state index is 0.273. The average molecular weight is 251 g/mol. The van der Waals surface area contributed by atoms with Gasteiger partial charge in [0.2, 0.25) is 0 Å². The quantitative estimate of drug-likeness (QED) is 0.847. The van der Waals surface area contributed by atoms with Crippen molar-refractivity contribution in [3.8, 4) is 0 Å². The maximum atomic E-state index is 6.46. The lowest BCUT2D eigenvalue weighted by Crippen LogP contribution is -2.28. The van der Waals surface area contributed by atoms with Gasteiger partial charge in [0, 0.05) is 15.8 Å². The maximum absolute atomic E-state index is 6.46. The molecule has 0 aromatic carbocycles. The molecule has 1 aromatic rings. The Morgan fingerprint density at radius 2 is 2.06 bits per heavy atom. The summed E-state index contributed by atoms with van der Waals surface area (Å²) >= 11 is 1.91. The van der Waals surface area contributed by atoms with E-state index in [4.69, 9.17) is 5.73 Å². The third-order valence-corrected chi connectivity index (χ3v) is 5.84. The van der Waals surface area contributed by atoms with Crippen molar-refractivity contribution in [2.45, 2.75) is 52.5 Å². The number of hydrogen-bond donors (Lipinski definition) is 1. The first kappa shape index (κ1) is 13.1. The van der Waals surface area contributed by atoms with Crippen LogP contribution in [0.25, 0.3) is 0 Å². The highest BCUT2D eigenvalue weighted by Crippen LogP contribution is 2.40.